The maximum absolute atomic E-state index is 12.0. The molecule has 1 fully saturated rings. The lowest BCUT2D eigenvalue weighted by Crippen LogP contribution is -2.27. The van der Waals surface area contributed by atoms with Crippen LogP contribution in [-0.4, -0.2) is 20.4 Å². The van der Waals surface area contributed by atoms with E-state index in [1.54, 1.807) is 12.3 Å². The molecule has 4 nitrogen and oxygen atoms in total. The fourth-order valence-corrected chi connectivity index (χ4v) is 4.53. The molecule has 1 aromatic rings. The fourth-order valence-electron chi connectivity index (χ4n) is 1.99. The average Bonchev–Trinajstić information content (AvgIpc) is 2.88. The van der Waals surface area contributed by atoms with Gasteiger partial charge in [0.15, 0.2) is 0 Å². The monoisotopic (exact) mass is 307 g/mol. The van der Waals surface area contributed by atoms with Crippen molar-refractivity contribution in [2.45, 2.75) is 36.9 Å². The molecule has 1 aliphatic carbocycles. The molecule has 1 saturated carbocycles. The Hall–Kier alpha value is -0.590. The lowest BCUT2D eigenvalue weighted by Gasteiger charge is -2.03. The standard InChI is InChI=1S/C11H14ClNO3S2/c1-3-7-4-9(7)13-10(14)8-5-17-11(6(8)2)18(12,15)16/h5,7,9H,3-4H2,1-2H3,(H,13,14). The maximum Gasteiger partial charge on any atom is 0.271 e. The van der Waals surface area contributed by atoms with Crippen molar-refractivity contribution in [1.82, 2.24) is 5.32 Å². The van der Waals surface area contributed by atoms with Gasteiger partial charge in [-0.15, -0.1) is 11.3 Å². The van der Waals surface area contributed by atoms with Crippen LogP contribution in [0.1, 0.15) is 35.7 Å². The molecule has 100 valence electrons. The van der Waals surface area contributed by atoms with Gasteiger partial charge in [-0.2, -0.15) is 0 Å². The molecule has 7 heteroatoms. The first kappa shape index (κ1) is 13.8. The SMILES string of the molecule is CCC1CC1NC(=O)c1csc(S(=O)(=O)Cl)c1C. The van der Waals surface area contributed by atoms with Crippen molar-refractivity contribution >= 4 is 37.0 Å². The van der Waals surface area contributed by atoms with Gasteiger partial charge in [0.2, 0.25) is 0 Å². The Morgan fingerprint density at radius 1 is 1.61 bits per heavy atom. The predicted octanol–water partition coefficient (Wildman–Crippen LogP) is 2.51. The molecule has 2 atom stereocenters. The summed E-state index contributed by atoms with van der Waals surface area (Å²) in [6.45, 7) is 3.69. The van der Waals surface area contributed by atoms with Crippen LogP contribution in [-0.2, 0) is 9.05 Å². The van der Waals surface area contributed by atoms with E-state index in [1.807, 2.05) is 0 Å². The second-order valence-electron chi connectivity index (χ2n) is 4.48. The van der Waals surface area contributed by atoms with E-state index in [2.05, 4.69) is 12.2 Å². The van der Waals surface area contributed by atoms with Gasteiger partial charge in [-0.3, -0.25) is 4.79 Å². The molecule has 18 heavy (non-hydrogen) atoms. The van der Waals surface area contributed by atoms with Crippen LogP contribution in [0.25, 0.3) is 0 Å². The summed E-state index contributed by atoms with van der Waals surface area (Å²) in [5.41, 5.74) is 0.835. The zero-order valence-electron chi connectivity index (χ0n) is 10.1. The van der Waals surface area contributed by atoms with Gasteiger partial charge >= 0.3 is 0 Å². The number of amides is 1. The van der Waals surface area contributed by atoms with Gasteiger partial charge < -0.3 is 5.32 Å². The normalized spacial score (nSPS) is 22.8. The quantitative estimate of drug-likeness (QED) is 0.869. The number of carbonyl (C=O) groups excluding carboxylic acids is 1. The summed E-state index contributed by atoms with van der Waals surface area (Å²) in [5, 5.41) is 4.45. The molecule has 0 bridgehead atoms. The zero-order chi connectivity index (χ0) is 13.5. The van der Waals surface area contributed by atoms with Gasteiger partial charge in [-0.25, -0.2) is 8.42 Å². The van der Waals surface area contributed by atoms with Gasteiger partial charge in [-0.05, 0) is 24.8 Å². The van der Waals surface area contributed by atoms with Gasteiger partial charge in [0.05, 0.1) is 5.56 Å². The molecule has 1 heterocycles. The Morgan fingerprint density at radius 3 is 2.72 bits per heavy atom. The third kappa shape index (κ3) is 2.70. The summed E-state index contributed by atoms with van der Waals surface area (Å²) in [6.07, 6.45) is 2.06. The van der Waals surface area contributed by atoms with Crippen LogP contribution in [0.5, 0.6) is 0 Å². The van der Waals surface area contributed by atoms with E-state index in [-0.39, 0.29) is 16.2 Å². The molecule has 1 aromatic heterocycles. The van der Waals surface area contributed by atoms with Crippen LogP contribution >= 0.6 is 22.0 Å². The molecular weight excluding hydrogens is 294 g/mol. The van der Waals surface area contributed by atoms with Crippen molar-refractivity contribution in [3.63, 3.8) is 0 Å². The van der Waals surface area contributed by atoms with E-state index in [1.165, 1.54) is 0 Å². The first-order chi connectivity index (χ1) is 8.34. The molecule has 1 N–H and O–H groups in total. The molecule has 1 aliphatic rings. The van der Waals surface area contributed by atoms with E-state index in [0.29, 0.717) is 17.0 Å². The van der Waals surface area contributed by atoms with Crippen molar-refractivity contribution < 1.29 is 13.2 Å². The van der Waals surface area contributed by atoms with Gasteiger partial charge in [0, 0.05) is 22.1 Å². The lowest BCUT2D eigenvalue weighted by atomic mass is 10.2. The molecule has 2 rings (SSSR count). The first-order valence-electron chi connectivity index (χ1n) is 5.68. The van der Waals surface area contributed by atoms with Crippen molar-refractivity contribution in [2.24, 2.45) is 5.92 Å². The molecule has 0 aliphatic heterocycles. The average molecular weight is 308 g/mol. The number of thiophene rings is 1. The van der Waals surface area contributed by atoms with Crippen molar-refractivity contribution in [3.05, 3.63) is 16.5 Å². The third-order valence-electron chi connectivity index (χ3n) is 3.22. The summed E-state index contributed by atoms with van der Waals surface area (Å²) in [6, 6.07) is 0.234. The first-order valence-corrected chi connectivity index (χ1v) is 8.87. The largest absolute Gasteiger partial charge is 0.349 e. The lowest BCUT2D eigenvalue weighted by molar-refractivity contribution is 0.0948. The number of hydrogen-bond acceptors (Lipinski definition) is 4. The van der Waals surface area contributed by atoms with E-state index in [0.717, 1.165) is 24.2 Å². The van der Waals surface area contributed by atoms with Crippen LogP contribution in [0.4, 0.5) is 0 Å². The van der Waals surface area contributed by atoms with Crippen molar-refractivity contribution in [2.75, 3.05) is 0 Å². The minimum absolute atomic E-state index is 0.0529. The van der Waals surface area contributed by atoms with Crippen LogP contribution < -0.4 is 5.32 Å². The topological polar surface area (TPSA) is 63.2 Å². The highest BCUT2D eigenvalue weighted by Gasteiger charge is 2.37. The smallest absolute Gasteiger partial charge is 0.271 e. The van der Waals surface area contributed by atoms with E-state index in [4.69, 9.17) is 10.7 Å². The highest BCUT2D eigenvalue weighted by atomic mass is 35.7. The van der Waals surface area contributed by atoms with E-state index in [9.17, 15) is 13.2 Å². The Morgan fingerprint density at radius 2 is 2.28 bits per heavy atom. The summed E-state index contributed by atoms with van der Waals surface area (Å²) in [4.78, 5) is 12.0. The molecule has 0 radical (unpaired) electrons. The molecule has 0 aromatic carbocycles. The van der Waals surface area contributed by atoms with Crippen molar-refractivity contribution in [3.8, 4) is 0 Å². The molecule has 0 spiro atoms. The number of rotatable bonds is 4. The third-order valence-corrected chi connectivity index (χ3v) is 6.53. The number of carbonyl (C=O) groups is 1. The predicted molar refractivity (Wildman–Crippen MR) is 71.7 cm³/mol. The summed E-state index contributed by atoms with van der Waals surface area (Å²) < 4.78 is 22.6. The Kier molecular flexibility index (Phi) is 3.71. The zero-order valence-corrected chi connectivity index (χ0v) is 12.5. The van der Waals surface area contributed by atoms with Crippen LogP contribution in [0, 0.1) is 12.8 Å². The second-order valence-corrected chi connectivity index (χ2v) is 8.12. The Balaban J connectivity index is 2.15. The minimum Gasteiger partial charge on any atom is -0.349 e. The molecular formula is C11H14ClNO3S2. The minimum atomic E-state index is -3.76. The van der Waals surface area contributed by atoms with Gasteiger partial charge in [0.1, 0.15) is 4.21 Å². The van der Waals surface area contributed by atoms with E-state index >= 15 is 0 Å². The highest BCUT2D eigenvalue weighted by Crippen LogP contribution is 2.34. The van der Waals surface area contributed by atoms with Crippen molar-refractivity contribution in [1.29, 1.82) is 0 Å². The van der Waals surface area contributed by atoms with Crippen LogP contribution in [0.3, 0.4) is 0 Å². The Labute approximate surface area is 115 Å². The molecule has 1 amide bonds. The number of hydrogen-bond donors (Lipinski definition) is 1. The fraction of sp³-hybridized carbons (Fsp3) is 0.545. The molecule has 2 unspecified atom stereocenters. The second kappa shape index (κ2) is 4.83. The van der Waals surface area contributed by atoms with E-state index < -0.39 is 9.05 Å². The molecule has 0 saturated heterocycles. The maximum atomic E-state index is 12.0. The van der Waals surface area contributed by atoms with Gasteiger partial charge in [-0.1, -0.05) is 13.3 Å². The summed E-state index contributed by atoms with van der Waals surface area (Å²) in [5.74, 6) is 0.348. The van der Waals surface area contributed by atoms with Crippen LogP contribution in [0.15, 0.2) is 9.59 Å². The number of halogens is 1. The number of nitrogens with one attached hydrogen (secondary N) is 1. The van der Waals surface area contributed by atoms with Crippen LogP contribution in [0.2, 0.25) is 0 Å². The Bertz CT molecular complexity index is 579. The summed E-state index contributed by atoms with van der Waals surface area (Å²) >= 11 is 0.985. The summed E-state index contributed by atoms with van der Waals surface area (Å²) in [7, 11) is 1.53. The van der Waals surface area contributed by atoms with Gasteiger partial charge in [0.25, 0.3) is 15.0 Å². The highest BCUT2D eigenvalue weighted by molar-refractivity contribution is 8.15.